The lowest BCUT2D eigenvalue weighted by Crippen LogP contribution is -2.20. The number of ether oxygens (including phenoxy) is 2. The first kappa shape index (κ1) is 23.2. The van der Waals surface area contributed by atoms with Crippen LogP contribution in [0.1, 0.15) is 57.8 Å². The number of hydrogen-bond donors (Lipinski definition) is 0. The molecule has 3 rings (SSSR count). The fraction of sp³-hybridized carbons (Fsp3) is 0.520. The van der Waals surface area contributed by atoms with Gasteiger partial charge in [0.2, 0.25) is 6.41 Å². The van der Waals surface area contributed by atoms with Crippen molar-refractivity contribution in [1.82, 2.24) is 14.5 Å². The summed E-state index contributed by atoms with van der Waals surface area (Å²) < 4.78 is 13.8. The Kier molecular flexibility index (Phi) is 8.04. The van der Waals surface area contributed by atoms with Gasteiger partial charge in [-0.3, -0.25) is 4.79 Å². The van der Waals surface area contributed by atoms with Crippen LogP contribution in [0.25, 0.3) is 16.6 Å². The van der Waals surface area contributed by atoms with Crippen molar-refractivity contribution < 1.29 is 14.3 Å². The smallest absolute Gasteiger partial charge is 0.213 e. The van der Waals surface area contributed by atoms with E-state index in [4.69, 9.17) is 14.5 Å². The summed E-state index contributed by atoms with van der Waals surface area (Å²) in [4.78, 5) is 17.8. The minimum atomic E-state index is 0.197. The summed E-state index contributed by atoms with van der Waals surface area (Å²) in [5, 5.41) is 0. The Bertz CT molecular complexity index is 948. The first-order valence-corrected chi connectivity index (χ1v) is 11.1. The number of nitrogens with zero attached hydrogens (tertiary/aromatic N) is 3. The standard InChI is InChI=1S/C25H35N3O3/c1-18(2)14-22(16-27(5)17-29)21-6-7-23-24(15-21)28(10-13-31-19(3)4)25(26-23)20-8-11-30-12-9-20/h6-7,14-17,19-20H,8-13H2,1-5H3/b22-16+. The molecule has 0 aliphatic carbocycles. The molecule has 0 saturated carbocycles. The number of imidazole rings is 1. The first-order chi connectivity index (χ1) is 14.9. The molecular formula is C25H35N3O3. The third-order valence-electron chi connectivity index (χ3n) is 5.42. The maximum atomic E-state index is 11.2. The Morgan fingerprint density at radius 1 is 1.32 bits per heavy atom. The summed E-state index contributed by atoms with van der Waals surface area (Å²) >= 11 is 0. The van der Waals surface area contributed by atoms with Gasteiger partial charge in [-0.25, -0.2) is 4.98 Å². The zero-order valence-corrected chi connectivity index (χ0v) is 19.4. The Morgan fingerprint density at radius 3 is 2.71 bits per heavy atom. The van der Waals surface area contributed by atoms with Gasteiger partial charge in [-0.1, -0.05) is 17.7 Å². The molecule has 1 aromatic carbocycles. The fourth-order valence-electron chi connectivity index (χ4n) is 3.96. The largest absolute Gasteiger partial charge is 0.381 e. The number of rotatable bonds is 9. The highest BCUT2D eigenvalue weighted by atomic mass is 16.5. The average Bonchev–Trinajstić information content (AvgIpc) is 3.11. The van der Waals surface area contributed by atoms with Crippen LogP contribution in [0.5, 0.6) is 0 Å². The molecule has 31 heavy (non-hydrogen) atoms. The van der Waals surface area contributed by atoms with Crippen LogP contribution in [-0.2, 0) is 20.8 Å². The lowest BCUT2D eigenvalue weighted by molar-refractivity contribution is -0.114. The second kappa shape index (κ2) is 10.7. The van der Waals surface area contributed by atoms with E-state index >= 15 is 0 Å². The zero-order valence-electron chi connectivity index (χ0n) is 19.4. The summed E-state index contributed by atoms with van der Waals surface area (Å²) in [5.74, 6) is 1.53. The molecule has 1 aliphatic rings. The number of aromatic nitrogens is 2. The summed E-state index contributed by atoms with van der Waals surface area (Å²) in [7, 11) is 1.75. The lowest BCUT2D eigenvalue weighted by atomic mass is 9.99. The molecule has 0 atom stereocenters. The summed E-state index contributed by atoms with van der Waals surface area (Å²) in [6, 6.07) is 6.35. The van der Waals surface area contributed by atoms with Gasteiger partial charge in [0.05, 0.1) is 23.7 Å². The van der Waals surface area contributed by atoms with Gasteiger partial charge in [0, 0.05) is 38.9 Å². The Balaban J connectivity index is 2.07. The van der Waals surface area contributed by atoms with Crippen LogP contribution in [0.15, 0.2) is 36.0 Å². The Labute approximate surface area is 185 Å². The molecule has 0 N–H and O–H groups in total. The van der Waals surface area contributed by atoms with Crippen molar-refractivity contribution in [3.63, 3.8) is 0 Å². The Morgan fingerprint density at radius 2 is 2.06 bits per heavy atom. The predicted octanol–water partition coefficient (Wildman–Crippen LogP) is 4.75. The van der Waals surface area contributed by atoms with Crippen LogP contribution in [0.2, 0.25) is 0 Å². The van der Waals surface area contributed by atoms with E-state index in [0.29, 0.717) is 12.5 Å². The maximum absolute atomic E-state index is 11.2. The van der Waals surface area contributed by atoms with Crippen LogP contribution in [0.3, 0.4) is 0 Å². The molecule has 0 radical (unpaired) electrons. The second-order valence-electron chi connectivity index (χ2n) is 8.71. The van der Waals surface area contributed by atoms with E-state index in [-0.39, 0.29) is 6.10 Å². The summed E-state index contributed by atoms with van der Waals surface area (Å²) in [6.45, 7) is 11.2. The molecule has 1 aliphatic heterocycles. The highest BCUT2D eigenvalue weighted by molar-refractivity contribution is 5.84. The first-order valence-electron chi connectivity index (χ1n) is 11.1. The highest BCUT2D eigenvalue weighted by Gasteiger charge is 2.23. The molecule has 0 bridgehead atoms. The third kappa shape index (κ3) is 6.05. The van der Waals surface area contributed by atoms with Gasteiger partial charge < -0.3 is 18.9 Å². The monoisotopic (exact) mass is 425 g/mol. The van der Waals surface area contributed by atoms with Gasteiger partial charge in [0.25, 0.3) is 0 Å². The van der Waals surface area contributed by atoms with Crippen molar-refractivity contribution in [3.8, 4) is 0 Å². The number of hydrogen-bond acceptors (Lipinski definition) is 4. The topological polar surface area (TPSA) is 56.6 Å². The molecular weight excluding hydrogens is 390 g/mol. The predicted molar refractivity (Wildman–Crippen MR) is 125 cm³/mol. The van der Waals surface area contributed by atoms with Crippen LogP contribution < -0.4 is 0 Å². The molecule has 1 aromatic heterocycles. The number of carbonyl (C=O) groups is 1. The molecule has 2 heterocycles. The molecule has 1 saturated heterocycles. The zero-order chi connectivity index (χ0) is 22.4. The van der Waals surface area contributed by atoms with Gasteiger partial charge in [-0.2, -0.15) is 0 Å². The van der Waals surface area contributed by atoms with Crippen LogP contribution >= 0.6 is 0 Å². The van der Waals surface area contributed by atoms with E-state index < -0.39 is 0 Å². The van der Waals surface area contributed by atoms with E-state index in [2.05, 4.69) is 56.5 Å². The van der Waals surface area contributed by atoms with Crippen molar-refractivity contribution in [2.24, 2.45) is 0 Å². The maximum Gasteiger partial charge on any atom is 0.213 e. The molecule has 1 fully saturated rings. The van der Waals surface area contributed by atoms with Gasteiger partial charge in [0.1, 0.15) is 5.82 Å². The Hall–Kier alpha value is -2.44. The number of benzene rings is 1. The fourth-order valence-corrected chi connectivity index (χ4v) is 3.96. The van der Waals surface area contributed by atoms with Crippen LogP contribution in [-0.4, -0.2) is 53.8 Å². The van der Waals surface area contributed by atoms with Crippen LogP contribution in [0.4, 0.5) is 0 Å². The van der Waals surface area contributed by atoms with Crippen molar-refractivity contribution >= 4 is 23.0 Å². The molecule has 6 nitrogen and oxygen atoms in total. The van der Waals surface area contributed by atoms with Gasteiger partial charge in [-0.15, -0.1) is 0 Å². The molecule has 168 valence electrons. The van der Waals surface area contributed by atoms with Crippen molar-refractivity contribution in [1.29, 1.82) is 0 Å². The van der Waals surface area contributed by atoms with Crippen molar-refractivity contribution in [2.45, 2.75) is 59.1 Å². The van der Waals surface area contributed by atoms with Crippen molar-refractivity contribution in [2.75, 3.05) is 26.9 Å². The van der Waals surface area contributed by atoms with E-state index in [1.54, 1.807) is 11.9 Å². The molecule has 1 amide bonds. The highest BCUT2D eigenvalue weighted by Crippen LogP contribution is 2.31. The van der Waals surface area contributed by atoms with Gasteiger partial charge in [0.15, 0.2) is 0 Å². The summed E-state index contributed by atoms with van der Waals surface area (Å²) in [6.07, 6.45) is 6.96. The third-order valence-corrected chi connectivity index (χ3v) is 5.42. The van der Waals surface area contributed by atoms with Crippen LogP contribution in [0, 0.1) is 0 Å². The van der Waals surface area contributed by atoms with Crippen molar-refractivity contribution in [3.05, 3.63) is 47.4 Å². The number of carbonyl (C=O) groups excluding carboxylic acids is 1. The van der Waals surface area contributed by atoms with E-state index in [1.807, 2.05) is 6.20 Å². The van der Waals surface area contributed by atoms with E-state index in [9.17, 15) is 4.79 Å². The molecule has 2 aromatic rings. The second-order valence-corrected chi connectivity index (χ2v) is 8.71. The minimum absolute atomic E-state index is 0.197. The molecule has 6 heteroatoms. The van der Waals surface area contributed by atoms with E-state index in [0.717, 1.165) is 67.0 Å². The lowest BCUT2D eigenvalue weighted by Gasteiger charge is -2.23. The summed E-state index contributed by atoms with van der Waals surface area (Å²) in [5.41, 5.74) is 5.33. The van der Waals surface area contributed by atoms with Gasteiger partial charge in [-0.05, 0) is 63.8 Å². The average molecular weight is 426 g/mol. The quantitative estimate of drug-likeness (QED) is 0.430. The number of amides is 1. The normalized spacial score (nSPS) is 15.5. The number of fused-ring (bicyclic) bond motifs is 1. The SMILES string of the molecule is CC(C)=C/C(=C\N(C)C=O)c1ccc2nc(C3CCOCC3)n(CCOC(C)C)c2c1. The molecule has 0 unspecified atom stereocenters. The molecule has 0 spiro atoms. The van der Waals surface area contributed by atoms with Gasteiger partial charge >= 0.3 is 0 Å². The number of allylic oxidation sites excluding steroid dienone is 3. The van der Waals surface area contributed by atoms with E-state index in [1.165, 1.54) is 5.57 Å². The minimum Gasteiger partial charge on any atom is -0.381 e.